The first-order valence-corrected chi connectivity index (χ1v) is 7.56. The van der Waals surface area contributed by atoms with Crippen LogP contribution in [0.2, 0.25) is 5.02 Å². The van der Waals surface area contributed by atoms with E-state index < -0.39 is 0 Å². The minimum Gasteiger partial charge on any atom is -0.370 e. The van der Waals surface area contributed by atoms with Crippen LogP contribution in [0.15, 0.2) is 23.2 Å². The fraction of sp³-hybridized carbons (Fsp3) is 0.533. The second kappa shape index (κ2) is 5.60. The van der Waals surface area contributed by atoms with Gasteiger partial charge in [0.2, 0.25) is 0 Å². The van der Waals surface area contributed by atoms with Gasteiger partial charge in [-0.3, -0.25) is 0 Å². The second-order valence-electron chi connectivity index (χ2n) is 5.68. The van der Waals surface area contributed by atoms with E-state index in [1.54, 1.807) is 12.1 Å². The third-order valence-corrected chi connectivity index (χ3v) is 4.47. The van der Waals surface area contributed by atoms with Crippen molar-refractivity contribution in [2.75, 3.05) is 0 Å². The Balaban J connectivity index is 1.63. The number of hydrogen-bond donors (Lipinski definition) is 2. The molecule has 0 heterocycles. The van der Waals surface area contributed by atoms with Gasteiger partial charge in [0.25, 0.3) is 0 Å². The molecule has 0 unspecified atom stereocenters. The van der Waals surface area contributed by atoms with Crippen LogP contribution in [-0.4, -0.2) is 18.0 Å². The van der Waals surface area contributed by atoms with Crippen LogP contribution in [0.1, 0.15) is 43.6 Å². The molecule has 2 aliphatic rings. The van der Waals surface area contributed by atoms with Crippen LogP contribution in [0.5, 0.6) is 0 Å². The van der Waals surface area contributed by atoms with E-state index in [2.05, 4.69) is 10.3 Å². The average Bonchev–Trinajstić information content (AvgIpc) is 2.93. The Morgan fingerprint density at radius 1 is 1.35 bits per heavy atom. The van der Waals surface area contributed by atoms with Crippen molar-refractivity contribution < 1.29 is 4.39 Å². The van der Waals surface area contributed by atoms with Gasteiger partial charge < -0.3 is 11.1 Å². The number of aliphatic imine (C=N–C) groups is 1. The van der Waals surface area contributed by atoms with E-state index in [1.807, 2.05) is 0 Å². The van der Waals surface area contributed by atoms with Gasteiger partial charge in [0.15, 0.2) is 5.96 Å². The molecule has 20 heavy (non-hydrogen) atoms. The van der Waals surface area contributed by atoms with Gasteiger partial charge in [-0.15, -0.1) is 0 Å². The highest BCUT2D eigenvalue weighted by Gasteiger charge is 2.41. The van der Waals surface area contributed by atoms with Crippen molar-refractivity contribution in [3.63, 3.8) is 0 Å². The number of halogens is 2. The van der Waals surface area contributed by atoms with Gasteiger partial charge in [-0.2, -0.15) is 0 Å². The van der Waals surface area contributed by atoms with Crippen LogP contribution < -0.4 is 11.1 Å². The molecule has 3 N–H and O–H groups in total. The van der Waals surface area contributed by atoms with Gasteiger partial charge in [0.1, 0.15) is 5.82 Å². The zero-order valence-electron chi connectivity index (χ0n) is 11.3. The Labute approximate surface area is 123 Å². The Kier molecular flexibility index (Phi) is 3.83. The number of hydrogen-bond acceptors (Lipinski definition) is 1. The maximum atomic E-state index is 13.8. The molecule has 2 saturated carbocycles. The van der Waals surface area contributed by atoms with Crippen LogP contribution in [-0.2, 0) is 0 Å². The number of nitrogens with zero attached hydrogens (tertiary/aromatic N) is 1. The summed E-state index contributed by atoms with van der Waals surface area (Å²) < 4.78 is 13.8. The summed E-state index contributed by atoms with van der Waals surface area (Å²) in [6.45, 7) is 0. The highest BCUT2D eigenvalue weighted by atomic mass is 35.5. The number of nitrogens with two attached hydrogens (primary N) is 1. The summed E-state index contributed by atoms with van der Waals surface area (Å²) in [5, 5.41) is 3.73. The second-order valence-corrected chi connectivity index (χ2v) is 6.09. The number of benzene rings is 1. The summed E-state index contributed by atoms with van der Waals surface area (Å²) in [4.78, 5) is 4.45. The molecule has 0 saturated heterocycles. The molecule has 108 valence electrons. The molecular formula is C15H19ClFN3. The lowest BCUT2D eigenvalue weighted by atomic mass is 10.1. The zero-order chi connectivity index (χ0) is 14.1. The van der Waals surface area contributed by atoms with Gasteiger partial charge in [0, 0.05) is 22.5 Å². The largest absolute Gasteiger partial charge is 0.370 e. The highest BCUT2D eigenvalue weighted by molar-refractivity contribution is 6.31. The first kappa shape index (κ1) is 13.7. The maximum absolute atomic E-state index is 13.8. The summed E-state index contributed by atoms with van der Waals surface area (Å²) in [6.07, 6.45) is 5.63. The molecule has 3 nitrogen and oxygen atoms in total. The van der Waals surface area contributed by atoms with E-state index >= 15 is 0 Å². The van der Waals surface area contributed by atoms with Crippen LogP contribution >= 0.6 is 11.6 Å². The topological polar surface area (TPSA) is 50.4 Å². The summed E-state index contributed by atoms with van der Waals surface area (Å²) in [7, 11) is 0. The first-order valence-electron chi connectivity index (χ1n) is 7.19. The first-order chi connectivity index (χ1) is 9.65. The lowest BCUT2D eigenvalue weighted by Gasteiger charge is -2.12. The Morgan fingerprint density at radius 2 is 2.10 bits per heavy atom. The summed E-state index contributed by atoms with van der Waals surface area (Å²) in [6, 6.07) is 5.29. The lowest BCUT2D eigenvalue weighted by Crippen LogP contribution is -2.38. The van der Waals surface area contributed by atoms with Gasteiger partial charge in [-0.1, -0.05) is 30.5 Å². The van der Waals surface area contributed by atoms with Crippen molar-refractivity contribution in [1.29, 1.82) is 0 Å². The van der Waals surface area contributed by atoms with E-state index in [0.717, 1.165) is 19.3 Å². The van der Waals surface area contributed by atoms with Gasteiger partial charge in [-0.05, 0) is 31.4 Å². The van der Waals surface area contributed by atoms with E-state index in [9.17, 15) is 4.39 Å². The van der Waals surface area contributed by atoms with E-state index in [0.29, 0.717) is 22.6 Å². The Bertz CT molecular complexity index is 506. The molecule has 0 aliphatic heterocycles. The number of nitrogens with one attached hydrogen (secondary N) is 1. The predicted octanol–water partition coefficient (Wildman–Crippen LogP) is 3.18. The Morgan fingerprint density at radius 3 is 2.80 bits per heavy atom. The van der Waals surface area contributed by atoms with Crippen molar-refractivity contribution in [2.45, 2.75) is 50.1 Å². The molecule has 0 amide bonds. The van der Waals surface area contributed by atoms with E-state index in [1.165, 1.54) is 18.9 Å². The molecule has 5 heteroatoms. The molecule has 2 atom stereocenters. The fourth-order valence-electron chi connectivity index (χ4n) is 2.99. The minimum absolute atomic E-state index is 0.0540. The normalized spacial score (nSPS) is 26.8. The average molecular weight is 296 g/mol. The lowest BCUT2D eigenvalue weighted by molar-refractivity contribution is 0.608. The number of rotatable bonds is 3. The van der Waals surface area contributed by atoms with Crippen molar-refractivity contribution in [3.8, 4) is 0 Å². The standard InChI is InChI=1S/C15H19ClFN3/c16-11-6-3-7-12(17)14(11)10-8-13(10)20-15(18)19-9-4-1-2-5-9/h3,6-7,9-10,13H,1-2,4-5,8H2,(H3,18,19,20)/t10-,13-/m1/s1. The summed E-state index contributed by atoms with van der Waals surface area (Å²) in [5.74, 6) is 0.298. The molecule has 0 radical (unpaired) electrons. The van der Waals surface area contributed by atoms with Crippen molar-refractivity contribution in [2.24, 2.45) is 10.7 Å². The molecule has 1 aromatic carbocycles. The minimum atomic E-state index is -0.248. The summed E-state index contributed by atoms with van der Waals surface area (Å²) >= 11 is 6.07. The van der Waals surface area contributed by atoms with Crippen LogP contribution in [0.4, 0.5) is 4.39 Å². The number of guanidine groups is 1. The highest BCUT2D eigenvalue weighted by Crippen LogP contribution is 2.47. The van der Waals surface area contributed by atoms with E-state index in [-0.39, 0.29) is 17.8 Å². The van der Waals surface area contributed by atoms with Crippen molar-refractivity contribution in [3.05, 3.63) is 34.6 Å². The third-order valence-electron chi connectivity index (χ3n) is 4.14. The van der Waals surface area contributed by atoms with Gasteiger partial charge in [-0.25, -0.2) is 9.38 Å². The quantitative estimate of drug-likeness (QED) is 0.665. The van der Waals surface area contributed by atoms with Crippen molar-refractivity contribution >= 4 is 17.6 Å². The fourth-order valence-corrected chi connectivity index (χ4v) is 3.30. The predicted molar refractivity (Wildman–Crippen MR) is 79.6 cm³/mol. The van der Waals surface area contributed by atoms with E-state index in [4.69, 9.17) is 17.3 Å². The van der Waals surface area contributed by atoms with Crippen LogP contribution in [0, 0.1) is 5.82 Å². The molecule has 2 aliphatic carbocycles. The van der Waals surface area contributed by atoms with Gasteiger partial charge >= 0.3 is 0 Å². The molecule has 0 bridgehead atoms. The molecule has 1 aromatic rings. The monoisotopic (exact) mass is 295 g/mol. The third kappa shape index (κ3) is 2.90. The zero-order valence-corrected chi connectivity index (χ0v) is 12.0. The smallest absolute Gasteiger partial charge is 0.189 e. The molecular weight excluding hydrogens is 277 g/mol. The SMILES string of the molecule is NC(=N[C@@H]1C[C@H]1c1c(F)cccc1Cl)NC1CCCC1. The summed E-state index contributed by atoms with van der Waals surface area (Å²) in [5.41, 5.74) is 6.50. The van der Waals surface area contributed by atoms with Crippen LogP contribution in [0.3, 0.4) is 0 Å². The maximum Gasteiger partial charge on any atom is 0.189 e. The van der Waals surface area contributed by atoms with Crippen LogP contribution in [0.25, 0.3) is 0 Å². The van der Waals surface area contributed by atoms with Gasteiger partial charge in [0.05, 0.1) is 6.04 Å². The Hall–Kier alpha value is -1.29. The van der Waals surface area contributed by atoms with Crippen molar-refractivity contribution in [1.82, 2.24) is 5.32 Å². The molecule has 2 fully saturated rings. The molecule has 3 rings (SSSR count). The molecule has 0 spiro atoms. The molecule has 0 aromatic heterocycles.